The summed E-state index contributed by atoms with van der Waals surface area (Å²) in [7, 11) is 0. The van der Waals surface area contributed by atoms with Crippen molar-refractivity contribution in [3.63, 3.8) is 0 Å². The number of fused-ring (bicyclic) bond motifs is 1. The van der Waals surface area contributed by atoms with E-state index in [9.17, 15) is 4.79 Å². The zero-order chi connectivity index (χ0) is 18.8. The van der Waals surface area contributed by atoms with Crippen molar-refractivity contribution in [2.45, 2.75) is 19.3 Å². The summed E-state index contributed by atoms with van der Waals surface area (Å²) in [4.78, 5) is 18.4. The summed E-state index contributed by atoms with van der Waals surface area (Å²) in [5.74, 6) is 1.10. The van der Waals surface area contributed by atoms with E-state index in [0.717, 1.165) is 59.7 Å². The molecule has 140 valence electrons. The normalized spacial score (nSPS) is 14.3. The third kappa shape index (κ3) is 3.80. The fourth-order valence-electron chi connectivity index (χ4n) is 3.30. The highest BCUT2D eigenvalue weighted by atomic mass is 79.9. The summed E-state index contributed by atoms with van der Waals surface area (Å²) in [5.41, 5.74) is 2.39. The van der Waals surface area contributed by atoms with Crippen LogP contribution in [0.25, 0.3) is 16.9 Å². The van der Waals surface area contributed by atoms with E-state index in [4.69, 9.17) is 16.6 Å². The first-order chi connectivity index (χ1) is 13.1. The highest BCUT2D eigenvalue weighted by Crippen LogP contribution is 2.30. The molecule has 0 bridgehead atoms. The third-order valence-corrected chi connectivity index (χ3v) is 5.55. The number of aromatic nitrogens is 3. The van der Waals surface area contributed by atoms with Gasteiger partial charge < -0.3 is 10.2 Å². The molecule has 1 fully saturated rings. The quantitative estimate of drug-likeness (QED) is 0.573. The molecule has 2 aromatic heterocycles. The van der Waals surface area contributed by atoms with Gasteiger partial charge in [0.25, 0.3) is 0 Å². The lowest BCUT2D eigenvalue weighted by molar-refractivity contribution is -0.127. The third-order valence-electron chi connectivity index (χ3n) is 4.66. The van der Waals surface area contributed by atoms with Crippen LogP contribution in [0.2, 0.25) is 5.02 Å². The lowest BCUT2D eigenvalue weighted by Gasteiger charge is -2.16. The van der Waals surface area contributed by atoms with E-state index >= 15 is 0 Å². The molecule has 6 nitrogen and oxygen atoms in total. The van der Waals surface area contributed by atoms with E-state index < -0.39 is 0 Å². The van der Waals surface area contributed by atoms with Crippen LogP contribution >= 0.6 is 27.5 Å². The molecule has 0 atom stereocenters. The molecule has 1 saturated heterocycles. The number of hydrogen-bond acceptors (Lipinski definition) is 4. The minimum Gasteiger partial charge on any atom is -0.370 e. The highest BCUT2D eigenvalue weighted by molar-refractivity contribution is 9.10. The number of carbonyl (C=O) groups is 1. The Balaban J connectivity index is 1.56. The van der Waals surface area contributed by atoms with Crippen molar-refractivity contribution in [3.05, 3.63) is 46.0 Å². The molecule has 0 radical (unpaired) electrons. The Kier molecular flexibility index (Phi) is 5.31. The molecular weight excluding hydrogens is 430 g/mol. The molecule has 1 aliphatic heterocycles. The van der Waals surface area contributed by atoms with Gasteiger partial charge in [-0.1, -0.05) is 29.8 Å². The van der Waals surface area contributed by atoms with Crippen LogP contribution in [0.4, 0.5) is 5.82 Å². The van der Waals surface area contributed by atoms with Crippen LogP contribution in [0.3, 0.4) is 0 Å². The molecule has 1 N–H and O–H groups in total. The molecule has 1 aromatic carbocycles. The van der Waals surface area contributed by atoms with Crippen LogP contribution < -0.4 is 5.32 Å². The van der Waals surface area contributed by atoms with Crippen molar-refractivity contribution < 1.29 is 4.79 Å². The van der Waals surface area contributed by atoms with Crippen LogP contribution in [0.5, 0.6) is 0 Å². The molecule has 1 amide bonds. The largest absolute Gasteiger partial charge is 0.370 e. The molecule has 0 aliphatic carbocycles. The van der Waals surface area contributed by atoms with E-state index in [-0.39, 0.29) is 5.91 Å². The van der Waals surface area contributed by atoms with Gasteiger partial charge >= 0.3 is 0 Å². The second kappa shape index (κ2) is 7.86. The number of benzene rings is 1. The summed E-state index contributed by atoms with van der Waals surface area (Å²) >= 11 is 9.87. The predicted octanol–water partition coefficient (Wildman–Crippen LogP) is 4.24. The second-order valence-corrected chi connectivity index (χ2v) is 7.76. The van der Waals surface area contributed by atoms with Gasteiger partial charge in [0, 0.05) is 42.7 Å². The number of carbonyl (C=O) groups excluding carboxylic acids is 1. The van der Waals surface area contributed by atoms with Crippen LogP contribution in [-0.2, 0) is 4.79 Å². The molecule has 1 aliphatic rings. The Morgan fingerprint density at radius 3 is 2.93 bits per heavy atom. The Morgan fingerprint density at radius 2 is 2.15 bits per heavy atom. The number of nitrogens with one attached hydrogen (secondary N) is 1. The summed E-state index contributed by atoms with van der Waals surface area (Å²) in [6.07, 6.45) is 4.26. The molecule has 0 spiro atoms. The molecule has 3 aromatic rings. The Hall–Kier alpha value is -2.12. The zero-order valence-electron chi connectivity index (χ0n) is 14.7. The molecule has 8 heteroatoms. The number of halogens is 2. The predicted molar refractivity (Wildman–Crippen MR) is 110 cm³/mol. The van der Waals surface area contributed by atoms with Crippen molar-refractivity contribution in [1.29, 1.82) is 0 Å². The molecule has 4 rings (SSSR count). The fraction of sp³-hybridized carbons (Fsp3) is 0.316. The topological polar surface area (TPSA) is 62.5 Å². The first-order valence-electron chi connectivity index (χ1n) is 8.94. The lowest BCUT2D eigenvalue weighted by Crippen LogP contribution is -2.27. The van der Waals surface area contributed by atoms with E-state index in [1.54, 1.807) is 10.7 Å². The number of rotatable bonds is 6. The van der Waals surface area contributed by atoms with E-state index in [2.05, 4.69) is 26.3 Å². The first kappa shape index (κ1) is 18.3. The average molecular weight is 449 g/mol. The van der Waals surface area contributed by atoms with Gasteiger partial charge in [-0.2, -0.15) is 9.61 Å². The van der Waals surface area contributed by atoms with Crippen molar-refractivity contribution in [2.24, 2.45) is 0 Å². The first-order valence-corrected chi connectivity index (χ1v) is 10.1. The van der Waals surface area contributed by atoms with Gasteiger partial charge in [0.15, 0.2) is 5.65 Å². The minimum atomic E-state index is 0.262. The molecule has 3 heterocycles. The maximum absolute atomic E-state index is 11.7. The van der Waals surface area contributed by atoms with E-state index in [1.807, 2.05) is 35.2 Å². The van der Waals surface area contributed by atoms with Gasteiger partial charge in [-0.25, -0.2) is 4.98 Å². The van der Waals surface area contributed by atoms with Gasteiger partial charge in [-0.15, -0.1) is 0 Å². The van der Waals surface area contributed by atoms with Crippen LogP contribution in [0.1, 0.15) is 19.3 Å². The van der Waals surface area contributed by atoms with Crippen LogP contribution in [0.15, 0.2) is 41.0 Å². The summed E-state index contributed by atoms with van der Waals surface area (Å²) in [6.45, 7) is 2.39. The van der Waals surface area contributed by atoms with Gasteiger partial charge in [-0.3, -0.25) is 4.79 Å². The summed E-state index contributed by atoms with van der Waals surface area (Å²) < 4.78 is 2.59. The second-order valence-electron chi connectivity index (χ2n) is 6.50. The van der Waals surface area contributed by atoms with Crippen molar-refractivity contribution in [2.75, 3.05) is 25.0 Å². The maximum atomic E-state index is 11.7. The lowest BCUT2D eigenvalue weighted by atomic mass is 10.1. The van der Waals surface area contributed by atoms with E-state index in [0.29, 0.717) is 11.4 Å². The maximum Gasteiger partial charge on any atom is 0.222 e. The molecule has 27 heavy (non-hydrogen) atoms. The van der Waals surface area contributed by atoms with Gasteiger partial charge in [0.1, 0.15) is 5.82 Å². The molecule has 0 saturated carbocycles. The number of hydrogen-bond donors (Lipinski definition) is 1. The molecular formula is C19H19BrClN5O. The SMILES string of the molecule is O=C1CCCN1CCCNc1cc(-c2ccccc2Cl)nc2c(Br)cnn12. The number of amides is 1. The number of likely N-dealkylation sites (tertiary alicyclic amines) is 1. The van der Waals surface area contributed by atoms with Crippen molar-refractivity contribution in [1.82, 2.24) is 19.5 Å². The van der Waals surface area contributed by atoms with Gasteiger partial charge in [-0.05, 0) is 34.8 Å². The van der Waals surface area contributed by atoms with Crippen LogP contribution in [-0.4, -0.2) is 45.0 Å². The van der Waals surface area contributed by atoms with E-state index in [1.165, 1.54) is 0 Å². The summed E-state index contributed by atoms with van der Waals surface area (Å²) in [6, 6.07) is 9.60. The minimum absolute atomic E-state index is 0.262. The zero-order valence-corrected chi connectivity index (χ0v) is 17.0. The fourth-order valence-corrected chi connectivity index (χ4v) is 3.88. The van der Waals surface area contributed by atoms with Crippen molar-refractivity contribution >= 4 is 44.9 Å². The standard InChI is InChI=1S/C19H19BrClN5O/c20-14-12-23-26-17(22-8-4-10-25-9-3-7-18(25)27)11-16(24-19(14)26)13-5-1-2-6-15(13)21/h1-2,5-6,11-12,22H,3-4,7-10H2. The number of anilines is 1. The number of nitrogens with zero attached hydrogens (tertiary/aromatic N) is 4. The Labute approximate surface area is 170 Å². The molecule has 0 unspecified atom stereocenters. The monoisotopic (exact) mass is 447 g/mol. The van der Waals surface area contributed by atoms with Crippen molar-refractivity contribution in [3.8, 4) is 11.3 Å². The summed E-state index contributed by atoms with van der Waals surface area (Å²) in [5, 5.41) is 8.47. The average Bonchev–Trinajstić information content (AvgIpc) is 3.25. The highest BCUT2D eigenvalue weighted by Gasteiger charge is 2.19. The van der Waals surface area contributed by atoms with Crippen LogP contribution in [0, 0.1) is 0 Å². The smallest absolute Gasteiger partial charge is 0.222 e. The Bertz CT molecular complexity index is 989. The van der Waals surface area contributed by atoms with Gasteiger partial charge in [0.05, 0.1) is 16.4 Å². The van der Waals surface area contributed by atoms with Gasteiger partial charge in [0.2, 0.25) is 5.91 Å². The Morgan fingerprint density at radius 1 is 1.30 bits per heavy atom.